The molecule has 1 aromatic rings. The van der Waals surface area contributed by atoms with Crippen LogP contribution in [-0.2, 0) is 14.6 Å². The van der Waals surface area contributed by atoms with Crippen LogP contribution in [0.15, 0.2) is 59.2 Å². The first-order valence-electron chi connectivity index (χ1n) is 15.2. The lowest BCUT2D eigenvalue weighted by atomic mass is 9.80. The van der Waals surface area contributed by atoms with Gasteiger partial charge in [0, 0.05) is 44.4 Å². The highest BCUT2D eigenvalue weighted by Crippen LogP contribution is 2.42. The van der Waals surface area contributed by atoms with Gasteiger partial charge in [0.2, 0.25) is 5.91 Å². The number of benzene rings is 1. The molecule has 7 unspecified atom stereocenters. The van der Waals surface area contributed by atoms with Crippen molar-refractivity contribution in [2.24, 2.45) is 5.92 Å². The van der Waals surface area contributed by atoms with Gasteiger partial charge in [-0.1, -0.05) is 25.7 Å². The standard InChI is InChI=1S/C32H51N3O9S/c1-6-22-19-45(43,44)27-14-13-23(35(4)5)16-24(27)29(30(22)40)20(2)10-9-11-21(3)34-28(39)12-7-8-15-33-17-25(37)31(41)32(42)26(38)18-36/h9-11,13-14,16,22,25-26,29-33,36-38,40-42H,2,6-8,12,15,17-19H2,1,3-5H3,(H,34,39). The summed E-state index contributed by atoms with van der Waals surface area (Å²) in [7, 11) is 0.116. The van der Waals surface area contributed by atoms with Gasteiger partial charge in [-0.2, -0.15) is 0 Å². The molecule has 2 rings (SSSR count). The quantitative estimate of drug-likeness (QED) is 0.0852. The molecule has 0 saturated heterocycles. The van der Waals surface area contributed by atoms with Crippen LogP contribution in [0.2, 0.25) is 0 Å². The van der Waals surface area contributed by atoms with Crippen LogP contribution in [-0.4, -0.2) is 115 Å². The molecule has 1 aromatic carbocycles. The van der Waals surface area contributed by atoms with E-state index in [9.17, 15) is 38.7 Å². The highest BCUT2D eigenvalue weighted by Gasteiger charge is 2.39. The van der Waals surface area contributed by atoms with E-state index in [0.29, 0.717) is 42.6 Å². The minimum Gasteiger partial charge on any atom is -0.394 e. The second kappa shape index (κ2) is 17.9. The smallest absolute Gasteiger partial charge is 0.224 e. The first-order valence-corrected chi connectivity index (χ1v) is 16.9. The van der Waals surface area contributed by atoms with E-state index < -0.39 is 58.8 Å². The Morgan fingerprint density at radius 3 is 2.42 bits per heavy atom. The van der Waals surface area contributed by atoms with Crippen molar-refractivity contribution >= 4 is 21.4 Å². The summed E-state index contributed by atoms with van der Waals surface area (Å²) in [6.45, 7) is 7.44. The minimum absolute atomic E-state index is 0.0444. The molecule has 0 radical (unpaired) electrons. The lowest BCUT2D eigenvalue weighted by molar-refractivity contribution is -0.120. The van der Waals surface area contributed by atoms with Crippen LogP contribution in [0.3, 0.4) is 0 Å². The van der Waals surface area contributed by atoms with Gasteiger partial charge in [0.05, 0.1) is 29.5 Å². The SMILES string of the molecule is C=C(C=CC=C(C)NC(=O)CCCCNCC(O)C(O)C(O)C(O)CO)C1c2cc(N(C)C)ccc2S(=O)(=O)CC(CC)C1O. The summed E-state index contributed by atoms with van der Waals surface area (Å²) in [6, 6.07) is 5.17. The maximum Gasteiger partial charge on any atom is 0.224 e. The van der Waals surface area contributed by atoms with Gasteiger partial charge in [-0.3, -0.25) is 4.79 Å². The topological polar surface area (TPSA) is 200 Å². The monoisotopic (exact) mass is 653 g/mol. The molecule has 1 amide bonds. The number of sulfone groups is 1. The Bertz CT molecular complexity index is 1300. The van der Waals surface area contributed by atoms with Crippen molar-refractivity contribution in [2.75, 3.05) is 44.4 Å². The number of rotatable bonds is 17. The van der Waals surface area contributed by atoms with E-state index >= 15 is 0 Å². The van der Waals surface area contributed by atoms with Crippen molar-refractivity contribution in [2.45, 2.75) is 80.9 Å². The number of hydrogen-bond acceptors (Lipinski definition) is 11. The molecule has 8 N–H and O–H groups in total. The molecule has 0 bridgehead atoms. The van der Waals surface area contributed by atoms with Crippen molar-refractivity contribution in [3.63, 3.8) is 0 Å². The third-order valence-electron chi connectivity index (χ3n) is 8.04. The number of nitrogens with zero attached hydrogens (tertiary/aromatic N) is 1. The molecule has 0 aliphatic carbocycles. The molecular formula is C32H51N3O9S. The number of fused-ring (bicyclic) bond motifs is 1. The summed E-state index contributed by atoms with van der Waals surface area (Å²) < 4.78 is 26.5. The van der Waals surface area contributed by atoms with Crippen LogP contribution in [0.25, 0.3) is 0 Å². The van der Waals surface area contributed by atoms with Crippen molar-refractivity contribution in [3.05, 3.63) is 59.8 Å². The minimum atomic E-state index is -3.61. The maximum atomic E-state index is 13.2. The van der Waals surface area contributed by atoms with Gasteiger partial charge in [0.15, 0.2) is 9.84 Å². The second-order valence-corrected chi connectivity index (χ2v) is 13.8. The Labute approximate surface area is 266 Å². The number of unbranched alkanes of at least 4 members (excludes halogenated alkanes) is 1. The number of aliphatic hydroxyl groups is 6. The van der Waals surface area contributed by atoms with Crippen LogP contribution >= 0.6 is 0 Å². The van der Waals surface area contributed by atoms with Crippen molar-refractivity contribution in [3.8, 4) is 0 Å². The first kappa shape index (κ1) is 38.6. The third-order valence-corrected chi connectivity index (χ3v) is 9.95. The van der Waals surface area contributed by atoms with Gasteiger partial charge in [-0.05, 0) is 74.1 Å². The Morgan fingerprint density at radius 1 is 1.13 bits per heavy atom. The zero-order chi connectivity index (χ0) is 33.9. The van der Waals surface area contributed by atoms with Crippen LogP contribution in [0.1, 0.15) is 51.0 Å². The number of carbonyl (C=O) groups excluding carboxylic acids is 1. The Hall–Kier alpha value is -2.62. The molecule has 1 heterocycles. The number of nitrogens with one attached hydrogen (secondary N) is 2. The highest BCUT2D eigenvalue weighted by molar-refractivity contribution is 7.91. The van der Waals surface area contributed by atoms with E-state index in [4.69, 9.17) is 5.11 Å². The van der Waals surface area contributed by atoms with Crippen LogP contribution in [0, 0.1) is 5.92 Å². The molecule has 7 atom stereocenters. The predicted octanol–water partition coefficient (Wildman–Crippen LogP) is 0.339. The van der Waals surface area contributed by atoms with Crippen molar-refractivity contribution < 1.29 is 43.9 Å². The van der Waals surface area contributed by atoms with E-state index in [2.05, 4.69) is 17.2 Å². The lowest BCUT2D eigenvalue weighted by Gasteiger charge is -2.28. The van der Waals surface area contributed by atoms with Gasteiger partial charge < -0.3 is 46.2 Å². The molecule has 254 valence electrons. The average Bonchev–Trinajstić information content (AvgIpc) is 3.07. The number of anilines is 1. The van der Waals surface area contributed by atoms with E-state index in [1.165, 1.54) is 0 Å². The summed E-state index contributed by atoms with van der Waals surface area (Å²) in [5.74, 6) is -1.41. The molecule has 0 fully saturated rings. The van der Waals surface area contributed by atoms with Gasteiger partial charge >= 0.3 is 0 Å². The molecule has 1 aliphatic heterocycles. The summed E-state index contributed by atoms with van der Waals surface area (Å²) >= 11 is 0. The Morgan fingerprint density at radius 2 is 1.80 bits per heavy atom. The maximum absolute atomic E-state index is 13.2. The van der Waals surface area contributed by atoms with Crippen molar-refractivity contribution in [1.82, 2.24) is 10.6 Å². The van der Waals surface area contributed by atoms with E-state index in [0.717, 1.165) is 5.69 Å². The molecule has 45 heavy (non-hydrogen) atoms. The zero-order valence-electron chi connectivity index (χ0n) is 26.6. The fourth-order valence-electron chi connectivity index (χ4n) is 5.26. The van der Waals surface area contributed by atoms with E-state index in [-0.39, 0.29) is 29.5 Å². The molecule has 0 saturated carbocycles. The van der Waals surface area contributed by atoms with Gasteiger partial charge in [0.25, 0.3) is 0 Å². The predicted molar refractivity (Wildman–Crippen MR) is 173 cm³/mol. The van der Waals surface area contributed by atoms with Crippen LogP contribution < -0.4 is 15.5 Å². The van der Waals surface area contributed by atoms with Gasteiger partial charge in [-0.25, -0.2) is 8.42 Å². The van der Waals surface area contributed by atoms with Gasteiger partial charge in [0.1, 0.15) is 18.3 Å². The molecule has 0 aromatic heterocycles. The van der Waals surface area contributed by atoms with Crippen LogP contribution in [0.5, 0.6) is 0 Å². The number of hydrogen-bond donors (Lipinski definition) is 8. The largest absolute Gasteiger partial charge is 0.394 e. The molecule has 12 nitrogen and oxygen atoms in total. The number of carbonyl (C=O) groups is 1. The summed E-state index contributed by atoms with van der Waals surface area (Å²) in [6.07, 6.45) is -0.111. The van der Waals surface area contributed by atoms with Gasteiger partial charge in [-0.15, -0.1) is 0 Å². The summed E-state index contributed by atoms with van der Waals surface area (Å²) in [5.41, 5.74) is 2.48. The summed E-state index contributed by atoms with van der Waals surface area (Å²) in [4.78, 5) is 14.5. The van der Waals surface area contributed by atoms with E-state index in [1.807, 2.05) is 25.9 Å². The zero-order valence-corrected chi connectivity index (χ0v) is 27.4. The fraction of sp³-hybridized carbons (Fsp3) is 0.594. The highest BCUT2D eigenvalue weighted by atomic mass is 32.2. The molecular weight excluding hydrogens is 602 g/mol. The molecule has 13 heteroatoms. The lowest BCUT2D eigenvalue weighted by Crippen LogP contribution is -2.49. The number of allylic oxidation sites excluding steroid dienone is 4. The van der Waals surface area contributed by atoms with E-state index in [1.54, 1.807) is 43.4 Å². The average molecular weight is 654 g/mol. The number of amides is 1. The van der Waals surface area contributed by atoms with Crippen molar-refractivity contribution in [1.29, 1.82) is 0 Å². The molecule has 1 aliphatic rings. The second-order valence-electron chi connectivity index (χ2n) is 11.8. The van der Waals surface area contributed by atoms with Crippen LogP contribution in [0.4, 0.5) is 5.69 Å². The first-order chi connectivity index (χ1) is 21.1. The Balaban J connectivity index is 1.94. The fourth-order valence-corrected chi connectivity index (χ4v) is 7.25. The third kappa shape index (κ3) is 11.0. The summed E-state index contributed by atoms with van der Waals surface area (Å²) in [5, 5.41) is 64.7. The normalized spacial score (nSPS) is 22.6. The number of aliphatic hydroxyl groups excluding tert-OH is 6. The Kier molecular flexibility index (Phi) is 15.3. The molecule has 0 spiro atoms.